The molecular weight excluding hydrogens is 495 g/mol. The minimum absolute atomic E-state index is 0.0126. The first-order valence-corrected chi connectivity index (χ1v) is 12.4. The van der Waals surface area contributed by atoms with Crippen LogP contribution in [0.15, 0.2) is 35.3 Å². The van der Waals surface area contributed by atoms with Crippen molar-refractivity contribution < 1.29 is 26.7 Å². The molecule has 1 aromatic carbocycles. The van der Waals surface area contributed by atoms with Gasteiger partial charge in [0.05, 0.1) is 28.3 Å². The summed E-state index contributed by atoms with van der Waals surface area (Å²) in [7, 11) is 1.96. The number of carbonyl (C=O) groups excluding carboxylic acids is 1. The molecule has 198 valence electrons. The Morgan fingerprint density at radius 1 is 1.16 bits per heavy atom. The number of rotatable bonds is 7. The van der Waals surface area contributed by atoms with E-state index in [1.807, 2.05) is 7.05 Å². The number of anilines is 1. The summed E-state index contributed by atoms with van der Waals surface area (Å²) in [6.45, 7) is 3.09. The lowest BCUT2D eigenvalue weighted by Gasteiger charge is -2.35. The summed E-state index contributed by atoms with van der Waals surface area (Å²) in [5, 5.41) is 0. The van der Waals surface area contributed by atoms with E-state index in [-0.39, 0.29) is 34.7 Å². The molecule has 2 N–H and O–H groups in total. The van der Waals surface area contributed by atoms with Gasteiger partial charge in [0.1, 0.15) is 11.9 Å². The van der Waals surface area contributed by atoms with Gasteiger partial charge in [-0.25, -0.2) is 22.0 Å². The Morgan fingerprint density at radius 2 is 1.78 bits per heavy atom. The van der Waals surface area contributed by atoms with Crippen molar-refractivity contribution in [1.29, 1.82) is 0 Å². The summed E-state index contributed by atoms with van der Waals surface area (Å²) in [5.41, 5.74) is 2.96. The molecule has 1 spiro atoms. The maximum atomic E-state index is 15.2. The molecule has 0 bridgehead atoms. The molecule has 0 radical (unpaired) electrons. The number of nitrogens with zero attached hydrogens (tertiary/aromatic N) is 3. The molecule has 6 rings (SSSR count). The number of amides is 1. The molecule has 1 amide bonds. The molecule has 1 aliphatic heterocycles. The largest absolute Gasteiger partial charge is 0.365 e. The Balaban J connectivity index is 1.47. The molecule has 4 aliphatic rings. The van der Waals surface area contributed by atoms with E-state index < -0.39 is 52.7 Å². The fourth-order valence-electron chi connectivity index (χ4n) is 6.77. The molecular formula is C26H27F5N4O2. The van der Waals surface area contributed by atoms with E-state index in [4.69, 9.17) is 5.73 Å². The van der Waals surface area contributed by atoms with Gasteiger partial charge in [-0.2, -0.15) is 0 Å². The highest BCUT2D eigenvalue weighted by molar-refractivity contribution is 5.98. The minimum atomic E-state index is -3.04. The van der Waals surface area contributed by atoms with Gasteiger partial charge in [-0.3, -0.25) is 9.59 Å². The van der Waals surface area contributed by atoms with Crippen molar-refractivity contribution in [3.63, 3.8) is 0 Å². The Bertz CT molecular complexity index is 1340. The van der Waals surface area contributed by atoms with Gasteiger partial charge < -0.3 is 20.1 Å². The second kappa shape index (κ2) is 7.78. The van der Waals surface area contributed by atoms with Gasteiger partial charge in [-0.05, 0) is 38.6 Å². The first kappa shape index (κ1) is 24.4. The predicted molar refractivity (Wildman–Crippen MR) is 125 cm³/mol. The highest BCUT2D eigenvalue weighted by Crippen LogP contribution is 2.82. The van der Waals surface area contributed by atoms with Crippen LogP contribution in [0.5, 0.6) is 0 Å². The zero-order chi connectivity index (χ0) is 26.6. The number of alkyl halides is 4. The normalized spacial score (nSPS) is 29.3. The number of fused-ring (bicyclic) bond motifs is 1. The zero-order valence-electron chi connectivity index (χ0n) is 20.3. The monoisotopic (exact) mass is 522 g/mol. The predicted octanol–water partition coefficient (Wildman–Crippen LogP) is 4.12. The Morgan fingerprint density at radius 3 is 2.32 bits per heavy atom. The average molecular weight is 523 g/mol. The van der Waals surface area contributed by atoms with E-state index in [2.05, 4.69) is 4.90 Å². The van der Waals surface area contributed by atoms with Crippen molar-refractivity contribution in [2.24, 2.45) is 23.0 Å². The van der Waals surface area contributed by atoms with Crippen LogP contribution in [-0.4, -0.2) is 47.5 Å². The zero-order valence-corrected chi connectivity index (χ0v) is 20.3. The molecule has 4 atom stereocenters. The number of likely N-dealkylation sites (tertiary alicyclic amines) is 1. The Hall–Kier alpha value is -2.95. The van der Waals surface area contributed by atoms with Gasteiger partial charge in [-0.15, -0.1) is 0 Å². The molecule has 2 aromatic rings. The average Bonchev–Trinajstić information content (AvgIpc) is 3.75. The second-order valence-electron chi connectivity index (χ2n) is 11.0. The van der Waals surface area contributed by atoms with Crippen molar-refractivity contribution in [3.05, 3.63) is 63.3 Å². The van der Waals surface area contributed by atoms with E-state index in [0.717, 1.165) is 36.0 Å². The van der Waals surface area contributed by atoms with Crippen molar-refractivity contribution in [1.82, 2.24) is 9.47 Å². The summed E-state index contributed by atoms with van der Waals surface area (Å²) >= 11 is 0. The number of carbonyl (C=O) groups is 1. The molecule has 2 heterocycles. The number of aromatic nitrogens is 1. The van der Waals surface area contributed by atoms with Crippen LogP contribution in [0.25, 0.3) is 0 Å². The molecule has 3 aliphatic carbocycles. The molecule has 11 heteroatoms. The lowest BCUT2D eigenvalue weighted by Crippen LogP contribution is -2.39. The van der Waals surface area contributed by atoms with E-state index in [1.165, 1.54) is 12.1 Å². The smallest absolute Gasteiger partial charge is 0.276 e. The third-order valence-corrected chi connectivity index (χ3v) is 8.93. The van der Waals surface area contributed by atoms with Crippen LogP contribution in [0, 0.1) is 23.1 Å². The van der Waals surface area contributed by atoms with Gasteiger partial charge in [-0.1, -0.05) is 18.2 Å². The lowest BCUT2D eigenvalue weighted by molar-refractivity contribution is 0.0804. The lowest BCUT2D eigenvalue weighted by atomic mass is 10.0. The standard InChI is InChI=1S/C26H27F5N4O2/c1-12(13-4-3-5-14(20(13)27)22(28)29)35(21-15-9-33(2)10-16(15)21)18-8-19(36)34(11-17(18)23(32)37)24-25(6-7-25)26(24,30)31/h3-5,8,11-12,15-16,21-22,24H,6-7,9-10H2,1-2H3,(H2,32,37)/t12-,15?,16?,21?,24?/m1/s1. The molecule has 37 heavy (non-hydrogen) atoms. The fourth-order valence-corrected chi connectivity index (χ4v) is 6.77. The third kappa shape index (κ3) is 3.38. The van der Waals surface area contributed by atoms with Crippen LogP contribution < -0.4 is 16.2 Å². The number of pyridine rings is 1. The summed E-state index contributed by atoms with van der Waals surface area (Å²) in [6.07, 6.45) is -1.32. The van der Waals surface area contributed by atoms with Crippen LogP contribution in [0.3, 0.4) is 0 Å². The number of piperidine rings is 1. The number of halogens is 5. The van der Waals surface area contributed by atoms with Gasteiger partial charge in [0.15, 0.2) is 0 Å². The quantitative estimate of drug-likeness (QED) is 0.556. The number of primary amides is 1. The van der Waals surface area contributed by atoms with Crippen molar-refractivity contribution in [2.45, 2.75) is 50.2 Å². The van der Waals surface area contributed by atoms with Crippen LogP contribution in [0.4, 0.5) is 27.6 Å². The van der Waals surface area contributed by atoms with Crippen LogP contribution in [0.1, 0.15) is 59.8 Å². The summed E-state index contributed by atoms with van der Waals surface area (Å²) in [6, 6.07) is 2.49. The van der Waals surface area contributed by atoms with Crippen molar-refractivity contribution in [2.75, 3.05) is 25.0 Å². The van der Waals surface area contributed by atoms with Crippen LogP contribution in [-0.2, 0) is 0 Å². The molecule has 6 nitrogen and oxygen atoms in total. The minimum Gasteiger partial charge on any atom is -0.365 e. The summed E-state index contributed by atoms with van der Waals surface area (Å²) in [5.74, 6) is -4.71. The van der Waals surface area contributed by atoms with Gasteiger partial charge in [0.2, 0.25) is 0 Å². The SMILES string of the molecule is C[C@H](c1cccc(C(F)F)c1F)N(c1cc(=O)n(C2C(F)(F)C23CC3)cc1C(N)=O)C1C2CN(C)CC21. The summed E-state index contributed by atoms with van der Waals surface area (Å²) < 4.78 is 72.1. The van der Waals surface area contributed by atoms with Crippen LogP contribution >= 0.6 is 0 Å². The molecule has 3 unspecified atom stereocenters. The summed E-state index contributed by atoms with van der Waals surface area (Å²) in [4.78, 5) is 29.6. The van der Waals surface area contributed by atoms with E-state index >= 15 is 4.39 Å². The topological polar surface area (TPSA) is 71.6 Å². The first-order valence-electron chi connectivity index (χ1n) is 12.4. The van der Waals surface area contributed by atoms with Crippen molar-refractivity contribution >= 4 is 11.6 Å². The number of nitrogens with two attached hydrogens (primary N) is 1. The van der Waals surface area contributed by atoms with E-state index in [1.54, 1.807) is 11.8 Å². The number of benzene rings is 1. The Kier molecular flexibility index (Phi) is 5.13. The van der Waals surface area contributed by atoms with Crippen molar-refractivity contribution in [3.8, 4) is 0 Å². The van der Waals surface area contributed by atoms with E-state index in [9.17, 15) is 27.2 Å². The highest BCUT2D eigenvalue weighted by Gasteiger charge is 2.87. The maximum absolute atomic E-state index is 15.2. The third-order valence-electron chi connectivity index (χ3n) is 8.93. The molecule has 1 saturated heterocycles. The number of hydrogen-bond acceptors (Lipinski definition) is 4. The Labute approximate surface area is 209 Å². The van der Waals surface area contributed by atoms with Crippen LogP contribution in [0.2, 0.25) is 0 Å². The van der Waals surface area contributed by atoms with Gasteiger partial charge in [0, 0.05) is 37.0 Å². The maximum Gasteiger partial charge on any atom is 0.276 e. The van der Waals surface area contributed by atoms with E-state index in [0.29, 0.717) is 12.8 Å². The fraction of sp³-hybridized carbons (Fsp3) is 0.538. The van der Waals surface area contributed by atoms with Gasteiger partial charge in [0.25, 0.3) is 23.8 Å². The molecule has 1 aromatic heterocycles. The first-order chi connectivity index (χ1) is 17.4. The van der Waals surface area contributed by atoms with Gasteiger partial charge >= 0.3 is 0 Å². The molecule has 3 saturated carbocycles. The second-order valence-corrected chi connectivity index (χ2v) is 11.0. The highest BCUT2D eigenvalue weighted by atomic mass is 19.3. The molecule has 4 fully saturated rings. The number of hydrogen-bond donors (Lipinski definition) is 1.